The van der Waals surface area contributed by atoms with Crippen LogP contribution in [0.25, 0.3) is 0 Å². The molecule has 0 aromatic carbocycles. The van der Waals surface area contributed by atoms with Gasteiger partial charge in [0.25, 0.3) is 0 Å². The summed E-state index contributed by atoms with van der Waals surface area (Å²) in [6.07, 6.45) is 6.83. The fraction of sp³-hybridized carbons (Fsp3) is 0.556. The summed E-state index contributed by atoms with van der Waals surface area (Å²) in [5.74, 6) is 0.908. The van der Waals surface area contributed by atoms with Gasteiger partial charge in [-0.15, -0.1) is 0 Å². The molecule has 0 bridgehead atoms. The fourth-order valence-corrected chi connectivity index (χ4v) is 1.10. The first kappa shape index (κ1) is 8.97. The van der Waals surface area contributed by atoms with Gasteiger partial charge in [0.1, 0.15) is 5.82 Å². The number of nitrogens with zero attached hydrogens (tertiary/aromatic N) is 2. The Labute approximate surface area is 73.2 Å². The van der Waals surface area contributed by atoms with Crippen molar-refractivity contribution in [3.05, 3.63) is 18.1 Å². The number of unbranched alkanes of at least 4 members (excludes halogenated alkanes) is 1. The van der Waals surface area contributed by atoms with Gasteiger partial charge in [-0.2, -0.15) is 0 Å². The van der Waals surface area contributed by atoms with Crippen molar-refractivity contribution in [1.29, 1.82) is 0 Å². The van der Waals surface area contributed by atoms with Crippen molar-refractivity contribution in [2.45, 2.75) is 26.2 Å². The van der Waals surface area contributed by atoms with Crippen LogP contribution in [0.1, 0.15) is 25.5 Å². The quantitative estimate of drug-likeness (QED) is 0.740. The van der Waals surface area contributed by atoms with Gasteiger partial charge in [-0.1, -0.05) is 13.3 Å². The first-order chi connectivity index (χ1) is 5.88. The lowest BCUT2D eigenvalue weighted by Crippen LogP contribution is -2.00. The standard InChI is InChI=1S/C9H15N3/c1-3-4-5-8-9(10-2)12-7-6-11-8/h6-7H,3-5H2,1-2H3,(H,10,12). The van der Waals surface area contributed by atoms with E-state index in [2.05, 4.69) is 22.2 Å². The number of hydrogen-bond donors (Lipinski definition) is 1. The third kappa shape index (κ3) is 2.19. The maximum Gasteiger partial charge on any atom is 0.147 e. The van der Waals surface area contributed by atoms with Crippen molar-refractivity contribution >= 4 is 5.82 Å². The Balaban J connectivity index is 2.68. The van der Waals surface area contributed by atoms with Crippen molar-refractivity contribution in [1.82, 2.24) is 9.97 Å². The smallest absolute Gasteiger partial charge is 0.147 e. The number of hydrogen-bond acceptors (Lipinski definition) is 3. The highest BCUT2D eigenvalue weighted by Crippen LogP contribution is 2.09. The molecule has 0 spiro atoms. The molecule has 0 saturated carbocycles. The zero-order chi connectivity index (χ0) is 8.81. The van der Waals surface area contributed by atoms with E-state index in [4.69, 9.17) is 0 Å². The third-order valence-electron chi connectivity index (χ3n) is 1.78. The van der Waals surface area contributed by atoms with Gasteiger partial charge in [0.2, 0.25) is 0 Å². The highest BCUT2D eigenvalue weighted by molar-refractivity contribution is 5.38. The highest BCUT2D eigenvalue weighted by Gasteiger charge is 2.00. The topological polar surface area (TPSA) is 37.8 Å². The van der Waals surface area contributed by atoms with Crippen LogP contribution >= 0.6 is 0 Å². The van der Waals surface area contributed by atoms with Gasteiger partial charge < -0.3 is 5.32 Å². The second-order valence-electron chi connectivity index (χ2n) is 2.71. The summed E-state index contributed by atoms with van der Waals surface area (Å²) in [7, 11) is 1.87. The Hall–Kier alpha value is -1.12. The Morgan fingerprint density at radius 2 is 2.08 bits per heavy atom. The highest BCUT2D eigenvalue weighted by atomic mass is 15.0. The van der Waals surface area contributed by atoms with E-state index in [1.165, 1.54) is 12.8 Å². The van der Waals surface area contributed by atoms with Gasteiger partial charge in [0.05, 0.1) is 5.69 Å². The van der Waals surface area contributed by atoms with Crippen molar-refractivity contribution in [2.75, 3.05) is 12.4 Å². The van der Waals surface area contributed by atoms with Crippen molar-refractivity contribution in [3.63, 3.8) is 0 Å². The summed E-state index contributed by atoms with van der Waals surface area (Å²) in [5, 5.41) is 3.03. The largest absolute Gasteiger partial charge is 0.372 e. The number of aromatic nitrogens is 2. The molecule has 0 aliphatic carbocycles. The molecule has 1 aromatic heterocycles. The summed E-state index contributed by atoms with van der Waals surface area (Å²) in [4.78, 5) is 8.44. The minimum Gasteiger partial charge on any atom is -0.372 e. The Bertz CT molecular complexity index is 235. The average Bonchev–Trinajstić information content (AvgIpc) is 2.15. The van der Waals surface area contributed by atoms with Crippen LogP contribution in [0, 0.1) is 0 Å². The lowest BCUT2D eigenvalue weighted by Gasteiger charge is -2.04. The molecule has 0 aliphatic rings. The van der Waals surface area contributed by atoms with E-state index in [9.17, 15) is 0 Å². The summed E-state index contributed by atoms with van der Waals surface area (Å²) >= 11 is 0. The van der Waals surface area contributed by atoms with Gasteiger partial charge in [-0.3, -0.25) is 4.98 Å². The van der Waals surface area contributed by atoms with E-state index < -0.39 is 0 Å². The van der Waals surface area contributed by atoms with Crippen LogP contribution in [-0.4, -0.2) is 17.0 Å². The predicted octanol–water partition coefficient (Wildman–Crippen LogP) is 1.86. The molecule has 0 radical (unpaired) electrons. The van der Waals surface area contributed by atoms with Crippen LogP contribution < -0.4 is 5.32 Å². The van der Waals surface area contributed by atoms with Crippen LogP contribution in [0.5, 0.6) is 0 Å². The molecule has 0 fully saturated rings. The van der Waals surface area contributed by atoms with E-state index in [1.807, 2.05) is 7.05 Å². The first-order valence-electron chi connectivity index (χ1n) is 4.36. The van der Waals surface area contributed by atoms with Gasteiger partial charge in [-0.05, 0) is 12.8 Å². The molecule has 3 heteroatoms. The van der Waals surface area contributed by atoms with E-state index in [1.54, 1.807) is 12.4 Å². The van der Waals surface area contributed by atoms with E-state index in [-0.39, 0.29) is 0 Å². The Morgan fingerprint density at radius 3 is 2.75 bits per heavy atom. The molecule has 1 N–H and O–H groups in total. The van der Waals surface area contributed by atoms with Gasteiger partial charge in [-0.25, -0.2) is 4.98 Å². The fourth-order valence-electron chi connectivity index (χ4n) is 1.10. The second kappa shape index (κ2) is 4.70. The van der Waals surface area contributed by atoms with Crippen LogP contribution in [-0.2, 0) is 6.42 Å². The van der Waals surface area contributed by atoms with E-state index in [0.717, 1.165) is 17.9 Å². The zero-order valence-electron chi connectivity index (χ0n) is 7.67. The predicted molar refractivity (Wildman–Crippen MR) is 50.2 cm³/mol. The van der Waals surface area contributed by atoms with Gasteiger partial charge in [0.15, 0.2) is 0 Å². The normalized spacial score (nSPS) is 9.83. The van der Waals surface area contributed by atoms with Crippen LogP contribution in [0.3, 0.4) is 0 Å². The minimum absolute atomic E-state index is 0.908. The molecule has 12 heavy (non-hydrogen) atoms. The lowest BCUT2D eigenvalue weighted by atomic mass is 10.2. The summed E-state index contributed by atoms with van der Waals surface area (Å²) in [6, 6.07) is 0. The Morgan fingerprint density at radius 1 is 1.33 bits per heavy atom. The molecular weight excluding hydrogens is 150 g/mol. The lowest BCUT2D eigenvalue weighted by molar-refractivity contribution is 0.773. The molecule has 1 rings (SSSR count). The minimum atomic E-state index is 0.908. The van der Waals surface area contributed by atoms with Crippen LogP contribution in [0.4, 0.5) is 5.82 Å². The molecule has 0 unspecified atom stereocenters. The molecule has 0 atom stereocenters. The maximum atomic E-state index is 4.26. The Kier molecular flexibility index (Phi) is 3.51. The molecule has 1 heterocycles. The van der Waals surface area contributed by atoms with E-state index in [0.29, 0.717) is 0 Å². The maximum absolute atomic E-state index is 4.26. The molecular formula is C9H15N3. The summed E-state index contributed by atoms with van der Waals surface area (Å²) < 4.78 is 0. The number of anilines is 1. The number of nitrogens with one attached hydrogen (secondary N) is 1. The summed E-state index contributed by atoms with van der Waals surface area (Å²) in [6.45, 7) is 2.18. The van der Waals surface area contributed by atoms with E-state index >= 15 is 0 Å². The van der Waals surface area contributed by atoms with Crippen molar-refractivity contribution in [3.8, 4) is 0 Å². The summed E-state index contributed by atoms with van der Waals surface area (Å²) in [5.41, 5.74) is 1.07. The molecule has 0 amide bonds. The van der Waals surface area contributed by atoms with Crippen LogP contribution in [0.2, 0.25) is 0 Å². The SMILES string of the molecule is CCCCc1nccnc1NC. The monoisotopic (exact) mass is 165 g/mol. The molecule has 0 aliphatic heterocycles. The van der Waals surface area contributed by atoms with Gasteiger partial charge in [0, 0.05) is 19.4 Å². The second-order valence-corrected chi connectivity index (χ2v) is 2.71. The first-order valence-corrected chi connectivity index (χ1v) is 4.36. The molecule has 0 saturated heterocycles. The number of rotatable bonds is 4. The molecule has 1 aromatic rings. The number of aryl methyl sites for hydroxylation is 1. The zero-order valence-corrected chi connectivity index (χ0v) is 7.67. The molecule has 3 nitrogen and oxygen atoms in total. The van der Waals surface area contributed by atoms with Crippen molar-refractivity contribution in [2.24, 2.45) is 0 Å². The third-order valence-corrected chi connectivity index (χ3v) is 1.78. The van der Waals surface area contributed by atoms with Crippen molar-refractivity contribution < 1.29 is 0 Å². The molecule has 66 valence electrons. The van der Waals surface area contributed by atoms with Crippen LogP contribution in [0.15, 0.2) is 12.4 Å². The van der Waals surface area contributed by atoms with Gasteiger partial charge >= 0.3 is 0 Å². The average molecular weight is 165 g/mol.